The van der Waals surface area contributed by atoms with E-state index >= 15 is 0 Å². The summed E-state index contributed by atoms with van der Waals surface area (Å²) in [6.45, 7) is 10.4. The van der Waals surface area contributed by atoms with Crippen molar-refractivity contribution in [2.45, 2.75) is 64.4 Å². The molecule has 0 radical (unpaired) electrons. The Labute approximate surface area is 255 Å². The topological polar surface area (TPSA) is 78.9 Å². The van der Waals surface area contributed by atoms with Crippen LogP contribution in [0.1, 0.15) is 56.2 Å². The standard InChI is InChI=1S/C31H34N2O3.C5H10O2/c1-2-6-24(7-3-1)22-34-18-5-19-35-28-13-11-26(12-14-28)29-15-17-32-21-31(29)36-23-25-9-10-27-8-4-16-33-30(27)20-25;1-5(2,3)7-4-6/h1-4,6-14,16,20,29,31-32H,5,15,17-19,21-23H2;4H,1-3H3. The van der Waals surface area contributed by atoms with Crippen LogP contribution in [-0.4, -0.2) is 49.5 Å². The van der Waals surface area contributed by atoms with Crippen molar-refractivity contribution in [3.05, 3.63) is 108 Å². The predicted octanol–water partition coefficient (Wildman–Crippen LogP) is 6.84. The number of nitrogens with zero attached hydrogens (tertiary/aromatic N) is 1. The van der Waals surface area contributed by atoms with Gasteiger partial charge in [-0.05, 0) is 74.7 Å². The smallest absolute Gasteiger partial charge is 0.293 e. The maximum Gasteiger partial charge on any atom is 0.293 e. The number of fused-ring (bicyclic) bond motifs is 1. The van der Waals surface area contributed by atoms with Crippen molar-refractivity contribution in [3.63, 3.8) is 0 Å². The molecule has 1 aliphatic rings. The minimum Gasteiger partial charge on any atom is -0.494 e. The Morgan fingerprint density at radius 2 is 1.72 bits per heavy atom. The molecule has 228 valence electrons. The van der Waals surface area contributed by atoms with Crippen LogP contribution in [-0.2, 0) is 32.2 Å². The van der Waals surface area contributed by atoms with E-state index < -0.39 is 0 Å². The molecule has 0 bridgehead atoms. The number of ether oxygens (including phenoxy) is 4. The highest BCUT2D eigenvalue weighted by molar-refractivity contribution is 5.78. The molecule has 0 amide bonds. The molecular formula is C36H44N2O5. The third-order valence-corrected chi connectivity index (χ3v) is 7.08. The molecule has 43 heavy (non-hydrogen) atoms. The summed E-state index contributed by atoms with van der Waals surface area (Å²) in [6.07, 6.45) is 3.89. The van der Waals surface area contributed by atoms with Crippen LogP contribution >= 0.6 is 0 Å². The zero-order valence-electron chi connectivity index (χ0n) is 25.5. The number of hydrogen-bond donors (Lipinski definition) is 1. The van der Waals surface area contributed by atoms with Crippen LogP contribution in [0.4, 0.5) is 0 Å². The number of hydrogen-bond acceptors (Lipinski definition) is 7. The fourth-order valence-electron chi connectivity index (χ4n) is 4.86. The van der Waals surface area contributed by atoms with Gasteiger partial charge in [0.25, 0.3) is 6.47 Å². The van der Waals surface area contributed by atoms with E-state index in [1.165, 1.54) is 11.1 Å². The number of rotatable bonds is 12. The summed E-state index contributed by atoms with van der Waals surface area (Å²) in [7, 11) is 0. The van der Waals surface area contributed by atoms with Crippen LogP contribution in [0.25, 0.3) is 10.9 Å². The number of carbonyl (C=O) groups excluding carboxylic acids is 1. The number of pyridine rings is 1. The van der Waals surface area contributed by atoms with Gasteiger partial charge in [0.1, 0.15) is 11.4 Å². The molecule has 1 N–H and O–H groups in total. The fraction of sp³-hybridized carbons (Fsp3) is 0.389. The van der Waals surface area contributed by atoms with Gasteiger partial charge >= 0.3 is 0 Å². The van der Waals surface area contributed by atoms with Gasteiger partial charge in [-0.3, -0.25) is 9.78 Å². The molecule has 7 nitrogen and oxygen atoms in total. The van der Waals surface area contributed by atoms with Gasteiger partial charge in [-0.1, -0.05) is 60.7 Å². The SMILES string of the molecule is CC(C)(C)OC=O.c1ccc(COCCCOc2ccc(C3CCNCC3OCc3ccc4cccnc4c3)cc2)cc1. The summed E-state index contributed by atoms with van der Waals surface area (Å²) in [5.41, 5.74) is 4.35. The second-order valence-electron chi connectivity index (χ2n) is 11.6. The predicted molar refractivity (Wildman–Crippen MR) is 170 cm³/mol. The third-order valence-electron chi connectivity index (χ3n) is 7.08. The first-order valence-electron chi connectivity index (χ1n) is 15.0. The van der Waals surface area contributed by atoms with Gasteiger partial charge in [0.15, 0.2) is 0 Å². The van der Waals surface area contributed by atoms with E-state index in [1.54, 1.807) is 0 Å². The molecule has 3 aromatic carbocycles. The van der Waals surface area contributed by atoms with Crippen LogP contribution in [0.3, 0.4) is 0 Å². The highest BCUT2D eigenvalue weighted by Gasteiger charge is 2.27. The molecule has 4 aromatic rings. The summed E-state index contributed by atoms with van der Waals surface area (Å²) in [5, 5.41) is 4.65. The Bertz CT molecular complexity index is 1370. The van der Waals surface area contributed by atoms with Crippen molar-refractivity contribution < 1.29 is 23.7 Å². The van der Waals surface area contributed by atoms with E-state index in [0.29, 0.717) is 38.8 Å². The lowest BCUT2D eigenvalue weighted by Gasteiger charge is -2.32. The number of piperidine rings is 1. The Kier molecular flexibility index (Phi) is 12.5. The molecule has 2 atom stereocenters. The van der Waals surface area contributed by atoms with Crippen LogP contribution < -0.4 is 10.1 Å². The molecule has 1 aromatic heterocycles. The quantitative estimate of drug-likeness (QED) is 0.144. The molecule has 0 aliphatic carbocycles. The maximum absolute atomic E-state index is 9.60. The van der Waals surface area contributed by atoms with Crippen molar-refractivity contribution in [3.8, 4) is 5.75 Å². The zero-order valence-corrected chi connectivity index (χ0v) is 25.5. The lowest BCUT2D eigenvalue weighted by molar-refractivity contribution is -0.138. The molecule has 1 aliphatic heterocycles. The van der Waals surface area contributed by atoms with Gasteiger partial charge in [-0.25, -0.2) is 0 Å². The van der Waals surface area contributed by atoms with Gasteiger partial charge in [-0.15, -0.1) is 0 Å². The van der Waals surface area contributed by atoms with Gasteiger partial charge in [0, 0.05) is 30.5 Å². The average Bonchev–Trinajstić information content (AvgIpc) is 3.02. The van der Waals surface area contributed by atoms with Crippen molar-refractivity contribution in [2.75, 3.05) is 26.3 Å². The molecule has 1 saturated heterocycles. The first kappa shape index (κ1) is 32.1. The molecule has 2 heterocycles. The monoisotopic (exact) mass is 584 g/mol. The largest absolute Gasteiger partial charge is 0.494 e. The lowest BCUT2D eigenvalue weighted by Crippen LogP contribution is -2.40. The first-order valence-corrected chi connectivity index (χ1v) is 15.0. The van der Waals surface area contributed by atoms with Crippen molar-refractivity contribution in [1.82, 2.24) is 10.3 Å². The van der Waals surface area contributed by atoms with E-state index in [9.17, 15) is 4.79 Å². The lowest BCUT2D eigenvalue weighted by atomic mass is 9.87. The van der Waals surface area contributed by atoms with Crippen LogP contribution in [0.2, 0.25) is 0 Å². The highest BCUT2D eigenvalue weighted by atomic mass is 16.5. The summed E-state index contributed by atoms with van der Waals surface area (Å²) in [5.74, 6) is 1.27. The van der Waals surface area contributed by atoms with Crippen LogP contribution in [0.15, 0.2) is 91.1 Å². The number of nitrogens with one attached hydrogen (secondary N) is 1. The van der Waals surface area contributed by atoms with E-state index in [1.807, 2.05) is 51.2 Å². The molecule has 7 heteroatoms. The Hall–Kier alpha value is -3.78. The van der Waals surface area contributed by atoms with E-state index in [4.69, 9.17) is 14.2 Å². The van der Waals surface area contributed by atoms with Gasteiger partial charge in [0.05, 0.1) is 38.0 Å². The number of benzene rings is 3. The van der Waals surface area contributed by atoms with Crippen LogP contribution in [0.5, 0.6) is 5.75 Å². The summed E-state index contributed by atoms with van der Waals surface area (Å²) in [6, 6.07) is 29.2. The fourth-order valence-corrected chi connectivity index (χ4v) is 4.86. The normalized spacial score (nSPS) is 16.6. The third kappa shape index (κ3) is 11.1. The maximum atomic E-state index is 9.60. The van der Waals surface area contributed by atoms with E-state index in [0.717, 1.165) is 48.1 Å². The summed E-state index contributed by atoms with van der Waals surface area (Å²) < 4.78 is 22.6. The van der Waals surface area contributed by atoms with Gasteiger partial charge in [0.2, 0.25) is 0 Å². The molecule has 2 unspecified atom stereocenters. The minimum atomic E-state index is -0.318. The molecule has 1 fully saturated rings. The summed E-state index contributed by atoms with van der Waals surface area (Å²) >= 11 is 0. The zero-order chi connectivity index (χ0) is 30.3. The van der Waals surface area contributed by atoms with Crippen molar-refractivity contribution in [2.24, 2.45) is 0 Å². The van der Waals surface area contributed by atoms with Gasteiger partial charge in [-0.2, -0.15) is 0 Å². The Balaban J connectivity index is 0.000000541. The Morgan fingerprint density at radius 1 is 0.907 bits per heavy atom. The second kappa shape index (κ2) is 16.8. The van der Waals surface area contributed by atoms with Crippen LogP contribution in [0, 0.1) is 0 Å². The number of carbonyl (C=O) groups is 1. The average molecular weight is 585 g/mol. The molecule has 0 saturated carbocycles. The molecule has 5 rings (SSSR count). The van der Waals surface area contributed by atoms with Crippen molar-refractivity contribution in [1.29, 1.82) is 0 Å². The first-order chi connectivity index (χ1) is 20.9. The van der Waals surface area contributed by atoms with E-state index in [-0.39, 0.29) is 11.7 Å². The summed E-state index contributed by atoms with van der Waals surface area (Å²) in [4.78, 5) is 14.1. The Morgan fingerprint density at radius 3 is 2.47 bits per heavy atom. The number of aromatic nitrogens is 1. The second-order valence-corrected chi connectivity index (χ2v) is 11.6. The van der Waals surface area contributed by atoms with Crippen molar-refractivity contribution >= 4 is 17.4 Å². The van der Waals surface area contributed by atoms with E-state index in [2.05, 4.69) is 75.7 Å². The minimum absolute atomic E-state index is 0.131. The molecular weight excluding hydrogens is 540 g/mol. The molecule has 0 spiro atoms. The highest BCUT2D eigenvalue weighted by Crippen LogP contribution is 2.30. The van der Waals surface area contributed by atoms with Gasteiger partial charge < -0.3 is 24.3 Å².